The molecule has 1 aromatic carbocycles. The third-order valence-electron chi connectivity index (χ3n) is 4.02. The molecule has 2 unspecified atom stereocenters. The quantitative estimate of drug-likeness (QED) is 0.775. The molecule has 1 fully saturated rings. The number of hydrogen-bond donors (Lipinski definition) is 2. The van der Waals surface area contributed by atoms with Crippen molar-refractivity contribution in [1.82, 2.24) is 4.90 Å². The Bertz CT molecular complexity index is 610. The van der Waals surface area contributed by atoms with Gasteiger partial charge in [-0.2, -0.15) is 0 Å². The molecule has 0 spiro atoms. The summed E-state index contributed by atoms with van der Waals surface area (Å²) in [6, 6.07) is 4.32. The highest BCUT2D eigenvalue weighted by atomic mass is 35.5. The number of aliphatic carboxylic acids is 1. The highest BCUT2D eigenvalue weighted by molar-refractivity contribution is 6.30. The molecule has 7 nitrogen and oxygen atoms in total. The van der Waals surface area contributed by atoms with E-state index in [1.807, 2.05) is 0 Å². The van der Waals surface area contributed by atoms with Gasteiger partial charge >= 0.3 is 5.97 Å². The van der Waals surface area contributed by atoms with E-state index >= 15 is 0 Å². The standard InChI is InChI=1S/C16H21ClN2O5/c1-23-11-8-13(16(21)22)19(9-11)15(20)5-6-18-12-7-10(17)3-4-14(12)24-2/h3-4,7,11,13,18H,5-6,8-9H2,1-2H3,(H,21,22). The molecule has 132 valence electrons. The minimum atomic E-state index is -1.01. The van der Waals surface area contributed by atoms with E-state index in [9.17, 15) is 14.7 Å². The molecular weight excluding hydrogens is 336 g/mol. The van der Waals surface area contributed by atoms with Gasteiger partial charge in [-0.15, -0.1) is 0 Å². The maximum absolute atomic E-state index is 12.3. The smallest absolute Gasteiger partial charge is 0.326 e. The van der Waals surface area contributed by atoms with Crippen LogP contribution < -0.4 is 10.1 Å². The molecule has 0 radical (unpaired) electrons. The van der Waals surface area contributed by atoms with Crippen LogP contribution in [0.5, 0.6) is 5.75 Å². The van der Waals surface area contributed by atoms with Crippen molar-refractivity contribution in [3.8, 4) is 5.75 Å². The number of nitrogens with one attached hydrogen (secondary N) is 1. The Labute approximate surface area is 145 Å². The molecule has 1 aromatic rings. The molecule has 2 atom stereocenters. The fraction of sp³-hybridized carbons (Fsp3) is 0.500. The van der Waals surface area contributed by atoms with Crippen LogP contribution in [0.4, 0.5) is 5.69 Å². The van der Waals surface area contributed by atoms with Crippen LogP contribution in [-0.2, 0) is 14.3 Å². The van der Waals surface area contributed by atoms with Gasteiger partial charge < -0.3 is 24.8 Å². The van der Waals surface area contributed by atoms with Crippen molar-refractivity contribution >= 4 is 29.2 Å². The number of methoxy groups -OCH3 is 2. The van der Waals surface area contributed by atoms with Gasteiger partial charge in [-0.05, 0) is 18.2 Å². The summed E-state index contributed by atoms with van der Waals surface area (Å²) in [4.78, 5) is 25.0. The number of carbonyl (C=O) groups is 2. The summed E-state index contributed by atoms with van der Waals surface area (Å²) in [5.74, 6) is -0.612. The van der Waals surface area contributed by atoms with Gasteiger partial charge in [0.05, 0.1) is 18.9 Å². The van der Waals surface area contributed by atoms with Crippen molar-refractivity contribution in [2.75, 3.05) is 32.6 Å². The van der Waals surface area contributed by atoms with Crippen LogP contribution in [0.1, 0.15) is 12.8 Å². The lowest BCUT2D eigenvalue weighted by Gasteiger charge is -2.21. The molecule has 1 saturated heterocycles. The summed E-state index contributed by atoms with van der Waals surface area (Å²) >= 11 is 5.95. The minimum Gasteiger partial charge on any atom is -0.495 e. The average Bonchev–Trinajstić information content (AvgIpc) is 3.00. The number of carboxylic acid groups (broad SMARTS) is 1. The maximum atomic E-state index is 12.3. The number of nitrogens with zero attached hydrogens (tertiary/aromatic N) is 1. The molecule has 24 heavy (non-hydrogen) atoms. The van der Waals surface area contributed by atoms with E-state index < -0.39 is 12.0 Å². The second kappa shape index (κ2) is 8.21. The number of carbonyl (C=O) groups excluding carboxylic acids is 1. The fourth-order valence-corrected chi connectivity index (χ4v) is 2.92. The van der Waals surface area contributed by atoms with Gasteiger partial charge in [-0.25, -0.2) is 4.79 Å². The van der Waals surface area contributed by atoms with Gasteiger partial charge in [0.2, 0.25) is 5.91 Å². The number of anilines is 1. The summed E-state index contributed by atoms with van der Waals surface area (Å²) < 4.78 is 10.4. The molecule has 1 aliphatic rings. The molecule has 1 heterocycles. The topological polar surface area (TPSA) is 88.1 Å². The number of hydrogen-bond acceptors (Lipinski definition) is 5. The van der Waals surface area contributed by atoms with Crippen molar-refractivity contribution < 1.29 is 24.2 Å². The van der Waals surface area contributed by atoms with E-state index in [1.54, 1.807) is 25.3 Å². The van der Waals surface area contributed by atoms with Crippen LogP contribution in [0.2, 0.25) is 5.02 Å². The van der Waals surface area contributed by atoms with Crippen LogP contribution in [0.15, 0.2) is 18.2 Å². The number of rotatable bonds is 7. The summed E-state index contributed by atoms with van der Waals surface area (Å²) in [5, 5.41) is 12.9. The zero-order chi connectivity index (χ0) is 17.7. The lowest BCUT2D eigenvalue weighted by atomic mass is 10.2. The van der Waals surface area contributed by atoms with E-state index in [2.05, 4.69) is 5.32 Å². The molecule has 1 aliphatic heterocycles. The van der Waals surface area contributed by atoms with Crippen molar-refractivity contribution in [3.05, 3.63) is 23.2 Å². The Hall–Kier alpha value is -1.99. The molecule has 0 aliphatic carbocycles. The first-order valence-electron chi connectivity index (χ1n) is 7.58. The number of benzene rings is 1. The Morgan fingerprint density at radius 2 is 2.17 bits per heavy atom. The second-order valence-electron chi connectivity index (χ2n) is 5.51. The van der Waals surface area contributed by atoms with Crippen molar-refractivity contribution in [2.45, 2.75) is 25.0 Å². The van der Waals surface area contributed by atoms with Gasteiger partial charge in [0.15, 0.2) is 0 Å². The van der Waals surface area contributed by atoms with E-state index in [0.717, 1.165) is 0 Å². The van der Waals surface area contributed by atoms with E-state index in [1.165, 1.54) is 12.0 Å². The second-order valence-corrected chi connectivity index (χ2v) is 5.95. The normalized spacial score (nSPS) is 20.0. The van der Waals surface area contributed by atoms with Gasteiger partial charge in [-0.3, -0.25) is 4.79 Å². The Balaban J connectivity index is 1.93. The third-order valence-corrected chi connectivity index (χ3v) is 4.25. The Kier molecular flexibility index (Phi) is 6.28. The molecule has 2 N–H and O–H groups in total. The zero-order valence-electron chi connectivity index (χ0n) is 13.6. The molecule has 8 heteroatoms. The molecule has 2 rings (SSSR count). The lowest BCUT2D eigenvalue weighted by molar-refractivity contribution is -0.148. The summed E-state index contributed by atoms with van der Waals surface area (Å²) in [5.41, 5.74) is 0.684. The number of amides is 1. The van der Waals surface area contributed by atoms with Crippen LogP contribution in [0.25, 0.3) is 0 Å². The Morgan fingerprint density at radius 1 is 1.42 bits per heavy atom. The minimum absolute atomic E-state index is 0.163. The van der Waals surface area contributed by atoms with Gasteiger partial charge in [-0.1, -0.05) is 11.6 Å². The van der Waals surface area contributed by atoms with Crippen LogP contribution in [-0.4, -0.2) is 61.3 Å². The molecular formula is C16H21ClN2O5. The van der Waals surface area contributed by atoms with E-state index in [4.69, 9.17) is 21.1 Å². The molecule has 1 amide bonds. The summed E-state index contributed by atoms with van der Waals surface area (Å²) in [6.45, 7) is 0.642. The predicted octanol–water partition coefficient (Wildman–Crippen LogP) is 1.85. The predicted molar refractivity (Wildman–Crippen MR) is 89.7 cm³/mol. The van der Waals surface area contributed by atoms with Gasteiger partial charge in [0.25, 0.3) is 0 Å². The number of halogens is 1. The summed E-state index contributed by atoms with van der Waals surface area (Å²) in [7, 11) is 3.07. The van der Waals surface area contributed by atoms with Crippen molar-refractivity contribution in [3.63, 3.8) is 0 Å². The average molecular weight is 357 g/mol. The molecule has 0 saturated carbocycles. The highest BCUT2D eigenvalue weighted by Gasteiger charge is 2.39. The molecule has 0 aromatic heterocycles. The first-order chi connectivity index (χ1) is 11.5. The van der Waals surface area contributed by atoms with Crippen molar-refractivity contribution in [1.29, 1.82) is 0 Å². The Morgan fingerprint density at radius 3 is 2.79 bits per heavy atom. The number of likely N-dealkylation sites (tertiary alicyclic amines) is 1. The first kappa shape index (κ1) is 18.4. The summed E-state index contributed by atoms with van der Waals surface area (Å²) in [6.07, 6.45) is 0.235. The van der Waals surface area contributed by atoms with Crippen LogP contribution in [0, 0.1) is 0 Å². The van der Waals surface area contributed by atoms with Crippen LogP contribution >= 0.6 is 11.6 Å². The van der Waals surface area contributed by atoms with Crippen LogP contribution in [0.3, 0.4) is 0 Å². The zero-order valence-corrected chi connectivity index (χ0v) is 14.4. The SMILES string of the molecule is COc1ccc(Cl)cc1NCCC(=O)N1CC(OC)CC1C(=O)O. The van der Waals surface area contributed by atoms with E-state index in [-0.39, 0.29) is 18.4 Å². The fourth-order valence-electron chi connectivity index (χ4n) is 2.74. The number of ether oxygens (including phenoxy) is 2. The lowest BCUT2D eigenvalue weighted by Crippen LogP contribution is -2.41. The van der Waals surface area contributed by atoms with Gasteiger partial charge in [0, 0.05) is 38.1 Å². The largest absolute Gasteiger partial charge is 0.495 e. The highest BCUT2D eigenvalue weighted by Crippen LogP contribution is 2.27. The number of carboxylic acids is 1. The van der Waals surface area contributed by atoms with Gasteiger partial charge in [0.1, 0.15) is 11.8 Å². The maximum Gasteiger partial charge on any atom is 0.326 e. The first-order valence-corrected chi connectivity index (χ1v) is 7.96. The van der Waals surface area contributed by atoms with Crippen molar-refractivity contribution in [2.24, 2.45) is 0 Å². The van der Waals surface area contributed by atoms with E-state index in [0.29, 0.717) is 36.0 Å². The molecule has 0 bridgehead atoms. The third kappa shape index (κ3) is 4.30. The monoisotopic (exact) mass is 356 g/mol.